The number of benzene rings is 1. The summed E-state index contributed by atoms with van der Waals surface area (Å²) in [6, 6.07) is 6.59. The van der Waals surface area contributed by atoms with Crippen LogP contribution in [0.15, 0.2) is 38.0 Å². The molecule has 0 aliphatic carbocycles. The van der Waals surface area contributed by atoms with Crippen LogP contribution >= 0.6 is 0 Å². The number of hydrogen-bond donors (Lipinski definition) is 1. The van der Waals surface area contributed by atoms with Gasteiger partial charge in [0, 0.05) is 24.6 Å². The highest BCUT2D eigenvalue weighted by atomic mass is 16.5. The summed E-state index contributed by atoms with van der Waals surface area (Å²) in [5, 5.41) is 6.86. The van der Waals surface area contributed by atoms with Gasteiger partial charge in [-0.05, 0) is 24.6 Å². The molecule has 0 saturated carbocycles. The summed E-state index contributed by atoms with van der Waals surface area (Å²) in [6.45, 7) is 1.85. The van der Waals surface area contributed by atoms with Crippen LogP contribution in [0.2, 0.25) is 0 Å². The fourth-order valence-corrected chi connectivity index (χ4v) is 2.05. The fraction of sp³-hybridized carbons (Fsp3) is 0.200. The highest BCUT2D eigenvalue weighted by Crippen LogP contribution is 2.22. The van der Waals surface area contributed by atoms with Crippen LogP contribution in [0.3, 0.4) is 0 Å². The molecule has 2 aromatic heterocycles. The second-order valence-corrected chi connectivity index (χ2v) is 4.79. The quantitative estimate of drug-likeness (QED) is 0.725. The van der Waals surface area contributed by atoms with Crippen LogP contribution in [-0.4, -0.2) is 23.1 Å². The molecule has 0 aliphatic heterocycles. The summed E-state index contributed by atoms with van der Waals surface area (Å²) >= 11 is 0. The van der Waals surface area contributed by atoms with Gasteiger partial charge >= 0.3 is 17.4 Å². The van der Waals surface area contributed by atoms with Crippen LogP contribution in [0.5, 0.6) is 5.75 Å². The van der Waals surface area contributed by atoms with Crippen LogP contribution < -0.4 is 15.7 Å². The summed E-state index contributed by atoms with van der Waals surface area (Å²) in [7, 11) is 1.47. The molecule has 0 fully saturated rings. The van der Waals surface area contributed by atoms with Crippen LogP contribution in [0.25, 0.3) is 11.0 Å². The lowest BCUT2D eigenvalue weighted by Gasteiger charge is -2.05. The first-order chi connectivity index (χ1) is 11.1. The molecule has 118 valence electrons. The molecule has 0 spiro atoms. The zero-order chi connectivity index (χ0) is 16.4. The highest BCUT2D eigenvalue weighted by Gasteiger charge is 2.13. The number of carbonyl (C=O) groups excluding carboxylic acids is 1. The molecule has 1 N–H and O–H groups in total. The molecule has 23 heavy (non-hydrogen) atoms. The van der Waals surface area contributed by atoms with Gasteiger partial charge in [-0.3, -0.25) is 4.79 Å². The van der Waals surface area contributed by atoms with E-state index in [1.54, 1.807) is 18.2 Å². The molecule has 0 aliphatic rings. The maximum absolute atomic E-state index is 11.4. The Hall–Kier alpha value is -3.16. The molecule has 2 heterocycles. The van der Waals surface area contributed by atoms with E-state index in [9.17, 15) is 9.59 Å². The van der Waals surface area contributed by atoms with Gasteiger partial charge in [-0.25, -0.2) is 4.79 Å². The molecule has 0 atom stereocenters. The minimum absolute atomic E-state index is 0.0159. The number of amides is 1. The van der Waals surface area contributed by atoms with Crippen molar-refractivity contribution in [2.75, 3.05) is 7.05 Å². The van der Waals surface area contributed by atoms with Gasteiger partial charge in [-0.2, -0.15) is 4.98 Å². The van der Waals surface area contributed by atoms with Crippen molar-refractivity contribution < 1.29 is 18.5 Å². The number of aryl methyl sites for hydroxylation is 1. The number of aromatic nitrogens is 2. The summed E-state index contributed by atoms with van der Waals surface area (Å²) in [4.78, 5) is 26.6. The summed E-state index contributed by atoms with van der Waals surface area (Å²) in [5.74, 6) is 0.116. The van der Waals surface area contributed by atoms with E-state index in [1.165, 1.54) is 13.1 Å². The van der Waals surface area contributed by atoms with E-state index < -0.39 is 11.5 Å². The van der Waals surface area contributed by atoms with E-state index in [1.807, 2.05) is 6.92 Å². The van der Waals surface area contributed by atoms with E-state index in [-0.39, 0.29) is 18.3 Å². The predicted molar refractivity (Wildman–Crippen MR) is 79.2 cm³/mol. The fourth-order valence-electron chi connectivity index (χ4n) is 2.05. The van der Waals surface area contributed by atoms with Gasteiger partial charge in [-0.15, -0.1) is 0 Å². The van der Waals surface area contributed by atoms with Gasteiger partial charge in [0.25, 0.3) is 0 Å². The maximum atomic E-state index is 11.4. The van der Waals surface area contributed by atoms with Gasteiger partial charge in [0.05, 0.1) is 0 Å². The number of fused-ring (bicyclic) bond motifs is 1. The van der Waals surface area contributed by atoms with Crippen LogP contribution in [-0.2, 0) is 6.61 Å². The van der Waals surface area contributed by atoms with Crippen molar-refractivity contribution in [3.05, 3.63) is 52.0 Å². The maximum Gasteiger partial charge on any atom is 0.336 e. The Balaban J connectivity index is 1.78. The van der Waals surface area contributed by atoms with Crippen LogP contribution in [0.4, 0.5) is 0 Å². The Morgan fingerprint density at radius 1 is 1.35 bits per heavy atom. The Morgan fingerprint density at radius 3 is 2.96 bits per heavy atom. The highest BCUT2D eigenvalue weighted by molar-refractivity contribution is 5.89. The molecule has 0 radical (unpaired) electrons. The van der Waals surface area contributed by atoms with Crippen LogP contribution in [0.1, 0.15) is 22.1 Å². The first-order valence-electron chi connectivity index (χ1n) is 6.79. The van der Waals surface area contributed by atoms with E-state index >= 15 is 0 Å². The zero-order valence-electron chi connectivity index (χ0n) is 12.5. The molecule has 8 heteroatoms. The number of rotatable bonds is 4. The van der Waals surface area contributed by atoms with E-state index in [0.29, 0.717) is 11.3 Å². The zero-order valence-corrected chi connectivity index (χ0v) is 12.5. The number of ether oxygens (including phenoxy) is 1. The third kappa shape index (κ3) is 3.05. The Bertz CT molecular complexity index is 928. The molecule has 0 saturated heterocycles. The number of nitrogens with one attached hydrogen (secondary N) is 1. The average Bonchev–Trinajstić information content (AvgIpc) is 3.00. The minimum Gasteiger partial charge on any atom is -0.485 e. The largest absolute Gasteiger partial charge is 0.485 e. The third-order valence-corrected chi connectivity index (χ3v) is 3.18. The molecule has 1 amide bonds. The second kappa shape index (κ2) is 5.91. The van der Waals surface area contributed by atoms with Gasteiger partial charge in [0.1, 0.15) is 11.3 Å². The van der Waals surface area contributed by atoms with Crippen molar-refractivity contribution in [3.63, 3.8) is 0 Å². The van der Waals surface area contributed by atoms with Crippen LogP contribution in [0, 0.1) is 6.92 Å². The Morgan fingerprint density at radius 2 is 2.17 bits per heavy atom. The van der Waals surface area contributed by atoms with Crippen molar-refractivity contribution in [1.82, 2.24) is 15.5 Å². The van der Waals surface area contributed by atoms with Gasteiger partial charge < -0.3 is 19.0 Å². The predicted octanol–water partition coefficient (Wildman–Crippen LogP) is 1.42. The second-order valence-electron chi connectivity index (χ2n) is 4.79. The van der Waals surface area contributed by atoms with E-state index in [4.69, 9.17) is 13.7 Å². The minimum atomic E-state index is -0.466. The van der Waals surface area contributed by atoms with Gasteiger partial charge in [0.2, 0.25) is 5.82 Å². The number of carbonyl (C=O) groups is 1. The Kier molecular flexibility index (Phi) is 3.80. The lowest BCUT2D eigenvalue weighted by molar-refractivity contribution is 0.0919. The first kappa shape index (κ1) is 14.8. The standard InChI is InChI=1S/C15H13N3O5/c1-8-5-13(19)22-11-6-9(3-4-10(8)11)21-7-12-17-15(23-18-12)14(20)16-2/h3-6H,7H2,1-2H3,(H,16,20). The van der Waals surface area contributed by atoms with Crippen molar-refractivity contribution in [2.45, 2.75) is 13.5 Å². The molecule has 1 aromatic carbocycles. The number of hydrogen-bond acceptors (Lipinski definition) is 7. The van der Waals surface area contributed by atoms with Crippen molar-refractivity contribution >= 4 is 16.9 Å². The normalized spacial score (nSPS) is 10.7. The third-order valence-electron chi connectivity index (χ3n) is 3.18. The lowest BCUT2D eigenvalue weighted by atomic mass is 10.1. The van der Waals surface area contributed by atoms with Crippen molar-refractivity contribution in [3.8, 4) is 5.75 Å². The lowest BCUT2D eigenvalue weighted by Crippen LogP contribution is -2.18. The topological polar surface area (TPSA) is 107 Å². The van der Waals surface area contributed by atoms with Gasteiger partial charge in [-0.1, -0.05) is 5.16 Å². The average molecular weight is 315 g/mol. The summed E-state index contributed by atoms with van der Waals surface area (Å²) in [6.07, 6.45) is 0. The molecule has 8 nitrogen and oxygen atoms in total. The van der Waals surface area contributed by atoms with Crippen molar-refractivity contribution in [2.24, 2.45) is 0 Å². The summed E-state index contributed by atoms with van der Waals surface area (Å²) < 4.78 is 15.5. The smallest absolute Gasteiger partial charge is 0.336 e. The molecule has 3 rings (SSSR count). The SMILES string of the molecule is CNC(=O)c1nc(COc2ccc3c(C)cc(=O)oc3c2)no1. The van der Waals surface area contributed by atoms with Crippen molar-refractivity contribution in [1.29, 1.82) is 0 Å². The molecule has 3 aromatic rings. The molecular weight excluding hydrogens is 302 g/mol. The van der Waals surface area contributed by atoms with E-state index in [0.717, 1.165) is 10.9 Å². The van der Waals surface area contributed by atoms with Gasteiger partial charge in [0.15, 0.2) is 6.61 Å². The monoisotopic (exact) mass is 315 g/mol. The number of nitrogens with zero attached hydrogens (tertiary/aromatic N) is 2. The molecule has 0 unspecified atom stereocenters. The molecule has 0 bridgehead atoms. The summed E-state index contributed by atoms with van der Waals surface area (Å²) in [5.41, 5.74) is 0.850. The Labute approximate surface area is 130 Å². The van der Waals surface area contributed by atoms with E-state index in [2.05, 4.69) is 15.5 Å². The first-order valence-corrected chi connectivity index (χ1v) is 6.79. The molecular formula is C15H13N3O5.